The molecule has 1 aliphatic rings. The van der Waals surface area contributed by atoms with Gasteiger partial charge in [-0.3, -0.25) is 9.20 Å². The number of aryl methyl sites for hydroxylation is 2. The highest BCUT2D eigenvalue weighted by Crippen LogP contribution is 2.34. The summed E-state index contributed by atoms with van der Waals surface area (Å²) in [6, 6.07) is 0. The Morgan fingerprint density at radius 1 is 1.47 bits per heavy atom. The lowest BCUT2D eigenvalue weighted by Gasteiger charge is -2.18. The van der Waals surface area contributed by atoms with Crippen molar-refractivity contribution in [1.29, 1.82) is 0 Å². The summed E-state index contributed by atoms with van der Waals surface area (Å²) in [6.45, 7) is 4.22. The van der Waals surface area contributed by atoms with E-state index in [0.29, 0.717) is 0 Å². The van der Waals surface area contributed by atoms with E-state index in [0.717, 1.165) is 35.1 Å². The van der Waals surface area contributed by atoms with Crippen LogP contribution in [-0.2, 0) is 12.8 Å². The molecule has 1 atom stereocenters. The highest BCUT2D eigenvalue weighted by atomic mass is 32.1. The number of amides is 1. The maximum atomic E-state index is 12.4. The Morgan fingerprint density at radius 3 is 2.89 bits per heavy atom. The minimum Gasteiger partial charge on any atom is -0.343 e. The third kappa shape index (κ3) is 1.87. The third-order valence-electron chi connectivity index (χ3n) is 3.84. The van der Waals surface area contributed by atoms with Crippen LogP contribution in [0, 0.1) is 12.8 Å². The minimum absolute atomic E-state index is 0.0456. The van der Waals surface area contributed by atoms with Crippen LogP contribution in [0.25, 0.3) is 4.96 Å². The van der Waals surface area contributed by atoms with E-state index >= 15 is 0 Å². The van der Waals surface area contributed by atoms with Gasteiger partial charge in [0.2, 0.25) is 0 Å². The number of nitrogens with zero attached hydrogens (tertiary/aromatic N) is 3. The summed E-state index contributed by atoms with van der Waals surface area (Å²) in [5, 5.41) is 0. The molecule has 0 saturated heterocycles. The number of fused-ring (bicyclic) bond motifs is 3. The second-order valence-corrected chi connectivity index (χ2v) is 6.75. The van der Waals surface area contributed by atoms with Crippen molar-refractivity contribution >= 4 is 22.2 Å². The predicted molar refractivity (Wildman–Crippen MR) is 77.0 cm³/mol. The summed E-state index contributed by atoms with van der Waals surface area (Å²) in [4.78, 5) is 21.0. The van der Waals surface area contributed by atoms with Gasteiger partial charge in [-0.1, -0.05) is 6.92 Å². The molecule has 0 aromatic carbocycles. The lowest BCUT2D eigenvalue weighted by Crippen LogP contribution is -2.25. The fourth-order valence-corrected chi connectivity index (χ4v) is 4.17. The van der Waals surface area contributed by atoms with Crippen molar-refractivity contribution in [2.75, 3.05) is 14.1 Å². The molecule has 1 aliphatic carbocycles. The Hall–Kier alpha value is -1.36. The van der Waals surface area contributed by atoms with Gasteiger partial charge in [0, 0.05) is 24.7 Å². The standard InChI is InChI=1S/C14H19N3OS/c1-8-5-6-10-11(7-8)19-14-15-9(2)12(17(10)14)13(18)16(3)4/h8H,5-7H2,1-4H3/t8-/m0/s1. The van der Waals surface area contributed by atoms with Gasteiger partial charge >= 0.3 is 0 Å². The molecule has 0 spiro atoms. The average molecular weight is 277 g/mol. The first kappa shape index (κ1) is 12.7. The van der Waals surface area contributed by atoms with E-state index in [1.807, 2.05) is 6.92 Å². The number of hydrogen-bond acceptors (Lipinski definition) is 3. The largest absolute Gasteiger partial charge is 0.343 e. The van der Waals surface area contributed by atoms with Crippen LogP contribution in [0.4, 0.5) is 0 Å². The fraction of sp³-hybridized carbons (Fsp3) is 0.571. The van der Waals surface area contributed by atoms with Crippen LogP contribution in [0.3, 0.4) is 0 Å². The quantitative estimate of drug-likeness (QED) is 0.803. The first-order valence-electron chi connectivity index (χ1n) is 6.70. The third-order valence-corrected chi connectivity index (χ3v) is 4.95. The molecule has 19 heavy (non-hydrogen) atoms. The van der Waals surface area contributed by atoms with Crippen LogP contribution < -0.4 is 0 Å². The lowest BCUT2D eigenvalue weighted by atomic mass is 9.93. The van der Waals surface area contributed by atoms with E-state index in [9.17, 15) is 4.79 Å². The SMILES string of the molecule is Cc1nc2sc3c(n2c1C(=O)N(C)C)CC[C@H](C)C3. The molecule has 5 heteroatoms. The van der Waals surface area contributed by atoms with Gasteiger partial charge in [0.15, 0.2) is 4.96 Å². The Bertz CT molecular complexity index is 653. The molecular formula is C14H19N3OS. The number of carbonyl (C=O) groups excluding carboxylic acids is 1. The van der Waals surface area contributed by atoms with Gasteiger partial charge in [-0.2, -0.15) is 0 Å². The number of aromatic nitrogens is 2. The average Bonchev–Trinajstić information content (AvgIpc) is 2.81. The first-order chi connectivity index (χ1) is 8.99. The number of carbonyl (C=O) groups is 1. The second kappa shape index (κ2) is 4.34. The normalized spacial score (nSPS) is 18.6. The van der Waals surface area contributed by atoms with Gasteiger partial charge in [0.05, 0.1) is 5.69 Å². The van der Waals surface area contributed by atoms with Gasteiger partial charge in [-0.25, -0.2) is 4.98 Å². The molecule has 2 aromatic rings. The summed E-state index contributed by atoms with van der Waals surface area (Å²) >= 11 is 1.75. The smallest absolute Gasteiger partial charge is 0.272 e. The molecule has 0 radical (unpaired) electrons. The molecule has 3 rings (SSSR count). The summed E-state index contributed by atoms with van der Waals surface area (Å²) in [7, 11) is 3.59. The lowest BCUT2D eigenvalue weighted by molar-refractivity contribution is 0.0820. The molecule has 2 heterocycles. The van der Waals surface area contributed by atoms with Gasteiger partial charge in [0.25, 0.3) is 5.91 Å². The van der Waals surface area contributed by atoms with E-state index in [1.165, 1.54) is 17.0 Å². The Kier molecular flexibility index (Phi) is 2.89. The Balaban J connectivity index is 2.22. The predicted octanol–water partition coefficient (Wildman–Crippen LogP) is 2.53. The van der Waals surface area contributed by atoms with E-state index < -0.39 is 0 Å². The monoisotopic (exact) mass is 277 g/mol. The maximum absolute atomic E-state index is 12.4. The molecule has 102 valence electrons. The van der Waals surface area contributed by atoms with Crippen LogP contribution in [-0.4, -0.2) is 34.3 Å². The van der Waals surface area contributed by atoms with Crippen molar-refractivity contribution in [2.24, 2.45) is 5.92 Å². The molecule has 0 unspecified atom stereocenters. The summed E-state index contributed by atoms with van der Waals surface area (Å²) in [6.07, 6.45) is 3.38. The molecule has 0 N–H and O–H groups in total. The van der Waals surface area contributed by atoms with E-state index in [-0.39, 0.29) is 5.91 Å². The van der Waals surface area contributed by atoms with Crippen LogP contribution >= 0.6 is 11.3 Å². The van der Waals surface area contributed by atoms with E-state index in [4.69, 9.17) is 0 Å². The van der Waals surface area contributed by atoms with Gasteiger partial charge < -0.3 is 4.90 Å². The molecular weight excluding hydrogens is 258 g/mol. The summed E-state index contributed by atoms with van der Waals surface area (Å²) in [5.74, 6) is 0.786. The molecule has 0 fully saturated rings. The molecule has 0 aliphatic heterocycles. The van der Waals surface area contributed by atoms with Crippen molar-refractivity contribution in [2.45, 2.75) is 33.1 Å². The van der Waals surface area contributed by atoms with Gasteiger partial charge in [0.1, 0.15) is 5.69 Å². The zero-order chi connectivity index (χ0) is 13.7. The van der Waals surface area contributed by atoms with Crippen LogP contribution in [0.15, 0.2) is 0 Å². The van der Waals surface area contributed by atoms with Crippen LogP contribution in [0.5, 0.6) is 0 Å². The van der Waals surface area contributed by atoms with E-state index in [2.05, 4.69) is 16.3 Å². The zero-order valence-electron chi connectivity index (χ0n) is 11.9. The van der Waals surface area contributed by atoms with Crippen molar-refractivity contribution in [3.05, 3.63) is 22.0 Å². The summed E-state index contributed by atoms with van der Waals surface area (Å²) in [5.41, 5.74) is 2.89. The number of hydrogen-bond donors (Lipinski definition) is 0. The van der Waals surface area contributed by atoms with Crippen molar-refractivity contribution in [3.63, 3.8) is 0 Å². The molecule has 0 saturated carbocycles. The fourth-order valence-electron chi connectivity index (χ4n) is 2.79. The van der Waals surface area contributed by atoms with E-state index in [1.54, 1.807) is 30.3 Å². The van der Waals surface area contributed by atoms with Gasteiger partial charge in [-0.15, -0.1) is 11.3 Å². The summed E-state index contributed by atoms with van der Waals surface area (Å²) < 4.78 is 2.10. The van der Waals surface area contributed by atoms with Crippen molar-refractivity contribution in [1.82, 2.24) is 14.3 Å². The molecule has 0 bridgehead atoms. The zero-order valence-corrected chi connectivity index (χ0v) is 12.7. The number of imidazole rings is 1. The molecule has 1 amide bonds. The minimum atomic E-state index is 0.0456. The molecule has 4 nitrogen and oxygen atoms in total. The van der Waals surface area contributed by atoms with Crippen LogP contribution in [0.1, 0.15) is 40.1 Å². The van der Waals surface area contributed by atoms with Gasteiger partial charge in [-0.05, 0) is 32.1 Å². The highest BCUT2D eigenvalue weighted by molar-refractivity contribution is 7.17. The maximum Gasteiger partial charge on any atom is 0.272 e. The second-order valence-electron chi connectivity index (χ2n) is 5.68. The number of thiazole rings is 1. The number of rotatable bonds is 1. The Morgan fingerprint density at radius 2 is 2.21 bits per heavy atom. The van der Waals surface area contributed by atoms with Crippen LogP contribution in [0.2, 0.25) is 0 Å². The Labute approximate surface area is 117 Å². The van der Waals surface area contributed by atoms with Crippen molar-refractivity contribution in [3.8, 4) is 0 Å². The molecule has 2 aromatic heterocycles. The highest BCUT2D eigenvalue weighted by Gasteiger charge is 2.26. The topological polar surface area (TPSA) is 37.6 Å². The van der Waals surface area contributed by atoms with Crippen molar-refractivity contribution < 1.29 is 4.79 Å². The first-order valence-corrected chi connectivity index (χ1v) is 7.52.